The zero-order chi connectivity index (χ0) is 12.5. The van der Waals surface area contributed by atoms with Crippen molar-refractivity contribution in [3.8, 4) is 11.5 Å². The Labute approximate surface area is 111 Å². The summed E-state index contributed by atoms with van der Waals surface area (Å²) in [6.45, 7) is 0.425. The number of halogens is 1. The van der Waals surface area contributed by atoms with Crippen LogP contribution in [-0.4, -0.2) is 18.5 Å². The van der Waals surface area contributed by atoms with Crippen molar-refractivity contribution in [2.24, 2.45) is 0 Å². The van der Waals surface area contributed by atoms with Gasteiger partial charge in [0.05, 0.1) is 18.3 Å². The van der Waals surface area contributed by atoms with E-state index in [1.54, 1.807) is 12.1 Å². The Kier molecular flexibility index (Phi) is 3.16. The van der Waals surface area contributed by atoms with Crippen molar-refractivity contribution < 1.29 is 14.3 Å². The molecule has 1 fully saturated rings. The van der Waals surface area contributed by atoms with Gasteiger partial charge in [-0.2, -0.15) is 0 Å². The molecule has 0 aromatic heterocycles. The second-order valence-electron chi connectivity index (χ2n) is 4.83. The molecule has 0 N–H and O–H groups in total. The zero-order valence-electron chi connectivity index (χ0n) is 10.1. The average Bonchev–Trinajstić information content (AvgIpc) is 2.83. The van der Waals surface area contributed by atoms with E-state index in [1.807, 2.05) is 0 Å². The van der Waals surface area contributed by atoms with Gasteiger partial charge in [0.1, 0.15) is 0 Å². The van der Waals surface area contributed by atoms with Crippen LogP contribution in [0.3, 0.4) is 0 Å². The Morgan fingerprint density at radius 1 is 1.28 bits per heavy atom. The first kappa shape index (κ1) is 11.8. The molecule has 3 nitrogen and oxygen atoms in total. The highest BCUT2D eigenvalue weighted by atomic mass is 35.5. The van der Waals surface area contributed by atoms with E-state index in [4.69, 9.17) is 21.1 Å². The maximum atomic E-state index is 11.8. The van der Waals surface area contributed by atoms with Crippen LogP contribution in [0.5, 0.6) is 11.5 Å². The number of carbonyl (C=O) groups excluding carboxylic acids is 1. The first-order chi connectivity index (χ1) is 8.74. The van der Waals surface area contributed by atoms with Crippen LogP contribution >= 0.6 is 11.6 Å². The SMILES string of the molecule is O=C1CCOc2c(OC3CCCC3)cc(Cl)cc21. The minimum Gasteiger partial charge on any atom is -0.488 e. The number of ketones is 1. The van der Waals surface area contributed by atoms with E-state index in [-0.39, 0.29) is 11.9 Å². The Balaban J connectivity index is 1.94. The van der Waals surface area contributed by atoms with Crippen LogP contribution in [0.25, 0.3) is 0 Å². The van der Waals surface area contributed by atoms with Crippen molar-refractivity contribution in [3.63, 3.8) is 0 Å². The monoisotopic (exact) mass is 266 g/mol. The molecule has 0 unspecified atom stereocenters. The van der Waals surface area contributed by atoms with Gasteiger partial charge in [0.25, 0.3) is 0 Å². The number of benzene rings is 1. The largest absolute Gasteiger partial charge is 0.488 e. The molecule has 0 bridgehead atoms. The molecule has 0 atom stereocenters. The molecule has 1 aliphatic heterocycles. The van der Waals surface area contributed by atoms with Gasteiger partial charge < -0.3 is 9.47 Å². The minimum atomic E-state index is 0.0787. The smallest absolute Gasteiger partial charge is 0.172 e. The fraction of sp³-hybridized carbons (Fsp3) is 0.500. The van der Waals surface area contributed by atoms with Gasteiger partial charge in [-0.05, 0) is 31.7 Å². The Bertz CT molecular complexity index is 478. The van der Waals surface area contributed by atoms with Gasteiger partial charge in [-0.25, -0.2) is 0 Å². The van der Waals surface area contributed by atoms with Crippen molar-refractivity contribution >= 4 is 17.4 Å². The molecule has 1 aromatic rings. The van der Waals surface area contributed by atoms with Crippen LogP contribution in [-0.2, 0) is 0 Å². The second-order valence-corrected chi connectivity index (χ2v) is 5.26. The van der Waals surface area contributed by atoms with Gasteiger partial charge in [0.15, 0.2) is 17.3 Å². The summed E-state index contributed by atoms with van der Waals surface area (Å²) >= 11 is 6.04. The summed E-state index contributed by atoms with van der Waals surface area (Å²) in [6, 6.07) is 3.41. The molecule has 0 amide bonds. The van der Waals surface area contributed by atoms with Gasteiger partial charge in [0.2, 0.25) is 0 Å². The first-order valence-electron chi connectivity index (χ1n) is 6.40. The molecule has 3 rings (SSSR count). The third-order valence-corrected chi connectivity index (χ3v) is 3.71. The molecule has 2 aliphatic rings. The van der Waals surface area contributed by atoms with Gasteiger partial charge in [-0.3, -0.25) is 4.79 Å². The summed E-state index contributed by atoms with van der Waals surface area (Å²) in [5.74, 6) is 1.27. The number of ether oxygens (including phenoxy) is 2. The van der Waals surface area contributed by atoms with E-state index in [0.717, 1.165) is 12.8 Å². The highest BCUT2D eigenvalue weighted by Crippen LogP contribution is 2.39. The number of rotatable bonds is 2. The Hall–Kier alpha value is -1.22. The van der Waals surface area contributed by atoms with Crippen molar-refractivity contribution in [2.75, 3.05) is 6.61 Å². The van der Waals surface area contributed by atoms with Gasteiger partial charge in [-0.1, -0.05) is 11.6 Å². The number of hydrogen-bond donors (Lipinski definition) is 0. The highest BCUT2D eigenvalue weighted by molar-refractivity contribution is 6.31. The number of fused-ring (bicyclic) bond motifs is 1. The summed E-state index contributed by atoms with van der Waals surface area (Å²) < 4.78 is 11.5. The van der Waals surface area contributed by atoms with Gasteiger partial charge >= 0.3 is 0 Å². The van der Waals surface area contributed by atoms with E-state index < -0.39 is 0 Å². The van der Waals surface area contributed by atoms with Crippen molar-refractivity contribution in [3.05, 3.63) is 22.7 Å². The third-order valence-electron chi connectivity index (χ3n) is 3.49. The lowest BCUT2D eigenvalue weighted by Crippen LogP contribution is -2.18. The number of carbonyl (C=O) groups is 1. The predicted molar refractivity (Wildman–Crippen MR) is 68.8 cm³/mol. The summed E-state index contributed by atoms with van der Waals surface area (Å²) in [5, 5.41) is 0.528. The van der Waals surface area contributed by atoms with Crippen LogP contribution in [0.2, 0.25) is 5.02 Å². The highest BCUT2D eigenvalue weighted by Gasteiger charge is 2.25. The summed E-state index contributed by atoms with van der Waals surface area (Å²) in [5.41, 5.74) is 0.557. The normalized spacial score (nSPS) is 19.5. The lowest BCUT2D eigenvalue weighted by Gasteiger charge is -2.22. The van der Waals surface area contributed by atoms with Gasteiger partial charge in [-0.15, -0.1) is 0 Å². The molecule has 1 heterocycles. The molecule has 0 saturated heterocycles. The predicted octanol–water partition coefficient (Wildman–Crippen LogP) is 3.63. The molecule has 1 aliphatic carbocycles. The average molecular weight is 267 g/mol. The van der Waals surface area contributed by atoms with Crippen LogP contribution < -0.4 is 9.47 Å². The van der Waals surface area contributed by atoms with E-state index in [0.29, 0.717) is 35.1 Å². The fourth-order valence-electron chi connectivity index (χ4n) is 2.58. The van der Waals surface area contributed by atoms with E-state index >= 15 is 0 Å². The van der Waals surface area contributed by atoms with Crippen molar-refractivity contribution in [1.82, 2.24) is 0 Å². The Morgan fingerprint density at radius 3 is 2.83 bits per heavy atom. The number of hydrogen-bond acceptors (Lipinski definition) is 3. The van der Waals surface area contributed by atoms with Gasteiger partial charge in [0, 0.05) is 17.5 Å². The molecule has 96 valence electrons. The molecule has 1 saturated carbocycles. The lowest BCUT2D eigenvalue weighted by atomic mass is 10.0. The maximum absolute atomic E-state index is 11.8. The van der Waals surface area contributed by atoms with Crippen LogP contribution in [0.4, 0.5) is 0 Å². The van der Waals surface area contributed by atoms with Crippen molar-refractivity contribution in [1.29, 1.82) is 0 Å². The quantitative estimate of drug-likeness (QED) is 0.820. The summed E-state index contributed by atoms with van der Waals surface area (Å²) in [7, 11) is 0. The topological polar surface area (TPSA) is 35.5 Å². The molecular weight excluding hydrogens is 252 g/mol. The van der Waals surface area contributed by atoms with E-state index in [1.165, 1.54) is 12.8 Å². The molecule has 0 radical (unpaired) electrons. The van der Waals surface area contributed by atoms with Crippen molar-refractivity contribution in [2.45, 2.75) is 38.2 Å². The standard InChI is InChI=1S/C14H15ClO3/c15-9-7-11-12(16)5-6-17-14(11)13(8-9)18-10-3-1-2-4-10/h7-8,10H,1-6H2. The summed E-state index contributed by atoms with van der Waals surface area (Å²) in [6.07, 6.45) is 5.18. The first-order valence-corrected chi connectivity index (χ1v) is 6.78. The molecular formula is C14H15ClO3. The van der Waals surface area contributed by atoms with Crippen LogP contribution in [0.15, 0.2) is 12.1 Å². The summed E-state index contributed by atoms with van der Waals surface area (Å²) in [4.78, 5) is 11.8. The second kappa shape index (κ2) is 4.81. The van der Waals surface area contributed by atoms with Crippen LogP contribution in [0.1, 0.15) is 42.5 Å². The maximum Gasteiger partial charge on any atom is 0.172 e. The zero-order valence-corrected chi connectivity index (χ0v) is 10.8. The lowest BCUT2D eigenvalue weighted by molar-refractivity contribution is 0.0925. The van der Waals surface area contributed by atoms with Crippen LogP contribution in [0, 0.1) is 0 Å². The molecule has 1 aromatic carbocycles. The third kappa shape index (κ3) is 2.19. The number of Topliss-reactive ketones (excluding diaryl/α,β-unsaturated/α-hetero) is 1. The fourth-order valence-corrected chi connectivity index (χ4v) is 2.79. The van der Waals surface area contributed by atoms with E-state index in [2.05, 4.69) is 0 Å². The Morgan fingerprint density at radius 2 is 2.06 bits per heavy atom. The minimum absolute atomic E-state index is 0.0787. The molecule has 4 heteroatoms. The molecule has 0 spiro atoms. The molecule has 18 heavy (non-hydrogen) atoms. The van der Waals surface area contributed by atoms with E-state index in [9.17, 15) is 4.79 Å².